The lowest BCUT2D eigenvalue weighted by molar-refractivity contribution is -0.0693. The van der Waals surface area contributed by atoms with E-state index < -0.39 is 6.23 Å². The molecule has 6 nitrogen and oxygen atoms in total. The largest absolute Gasteiger partial charge is 0.354 e. The van der Waals surface area contributed by atoms with E-state index in [1.165, 1.54) is 16.6 Å². The highest BCUT2D eigenvalue weighted by Gasteiger charge is 2.34. The summed E-state index contributed by atoms with van der Waals surface area (Å²) in [6.07, 6.45) is 10.5. The van der Waals surface area contributed by atoms with Crippen molar-refractivity contribution >= 4 is 0 Å². The molecule has 178 valence electrons. The lowest BCUT2D eigenvalue weighted by Gasteiger charge is -2.36. The zero-order valence-corrected chi connectivity index (χ0v) is 19.8. The standard InChI is InChI=1S/C28H33N3O3/c1-2-3-14-23-19-20-26(34-25-18-11-10-17-24(25)21-12-6-4-7-13-21)31-28(33)29(27(32)30(23)31)22-15-8-5-9-16-22/h4-9,12-13,15-16,19-20,23-26H,2-3,10-11,14,17-18H2,1H3/t23-,24+,25-,26+/m1/s1. The summed E-state index contributed by atoms with van der Waals surface area (Å²) in [5.41, 5.74) is 1.21. The van der Waals surface area contributed by atoms with Crippen molar-refractivity contribution in [2.75, 3.05) is 0 Å². The van der Waals surface area contributed by atoms with Crippen LogP contribution in [0, 0.1) is 0 Å². The van der Waals surface area contributed by atoms with Crippen LogP contribution in [0.25, 0.3) is 5.69 Å². The van der Waals surface area contributed by atoms with E-state index in [2.05, 4.69) is 37.3 Å². The number of fused-ring (bicyclic) bond motifs is 1. The minimum atomic E-state index is -0.600. The smallest absolute Gasteiger partial charge is 0.349 e. The second-order valence-electron chi connectivity index (χ2n) is 9.39. The number of hydrogen-bond acceptors (Lipinski definition) is 3. The van der Waals surface area contributed by atoms with E-state index in [-0.39, 0.29) is 29.4 Å². The summed E-state index contributed by atoms with van der Waals surface area (Å²) in [5, 5.41) is 0. The van der Waals surface area contributed by atoms with Crippen molar-refractivity contribution in [3.63, 3.8) is 0 Å². The normalized spacial score (nSPS) is 24.1. The fourth-order valence-electron chi connectivity index (χ4n) is 5.44. The molecule has 5 rings (SSSR count). The molecule has 6 heteroatoms. The molecule has 0 unspecified atom stereocenters. The zero-order valence-electron chi connectivity index (χ0n) is 19.8. The second kappa shape index (κ2) is 10.0. The molecular formula is C28H33N3O3. The Morgan fingerprint density at radius 3 is 2.26 bits per heavy atom. The van der Waals surface area contributed by atoms with Gasteiger partial charge in [0.25, 0.3) is 0 Å². The van der Waals surface area contributed by atoms with Crippen molar-refractivity contribution < 1.29 is 4.74 Å². The lowest BCUT2D eigenvalue weighted by Crippen LogP contribution is -2.39. The summed E-state index contributed by atoms with van der Waals surface area (Å²) in [7, 11) is 0. The van der Waals surface area contributed by atoms with Gasteiger partial charge in [0.1, 0.15) is 0 Å². The maximum absolute atomic E-state index is 13.6. The van der Waals surface area contributed by atoms with Gasteiger partial charge in [-0.05, 0) is 43.0 Å². The number of aromatic nitrogens is 3. The number of allylic oxidation sites excluding steroid dienone is 1. The Morgan fingerprint density at radius 2 is 1.53 bits per heavy atom. The Hall–Kier alpha value is -3.12. The second-order valence-corrected chi connectivity index (χ2v) is 9.39. The maximum Gasteiger partial charge on any atom is 0.354 e. The third-order valence-corrected chi connectivity index (χ3v) is 7.17. The first-order chi connectivity index (χ1) is 16.7. The van der Waals surface area contributed by atoms with E-state index in [1.807, 2.05) is 30.3 Å². The molecule has 2 aliphatic rings. The molecule has 1 saturated carbocycles. The van der Waals surface area contributed by atoms with Gasteiger partial charge in [0.2, 0.25) is 0 Å². The van der Waals surface area contributed by atoms with Crippen LogP contribution in [0.1, 0.15) is 75.6 Å². The van der Waals surface area contributed by atoms with Crippen LogP contribution in [-0.2, 0) is 4.74 Å². The van der Waals surface area contributed by atoms with Gasteiger partial charge in [0, 0.05) is 5.92 Å². The summed E-state index contributed by atoms with van der Waals surface area (Å²) in [4.78, 5) is 27.2. The van der Waals surface area contributed by atoms with Crippen LogP contribution in [0.4, 0.5) is 0 Å². The van der Waals surface area contributed by atoms with Crippen LogP contribution < -0.4 is 11.4 Å². The highest BCUT2D eigenvalue weighted by molar-refractivity contribution is 5.31. The van der Waals surface area contributed by atoms with Gasteiger partial charge < -0.3 is 4.74 Å². The van der Waals surface area contributed by atoms with Gasteiger partial charge in [0.05, 0.1) is 17.8 Å². The van der Waals surface area contributed by atoms with Crippen LogP contribution in [0.2, 0.25) is 0 Å². The summed E-state index contributed by atoms with van der Waals surface area (Å²) < 4.78 is 11.1. The SMILES string of the molecule is CCCC[C@@H]1C=C[C@H](O[C@@H]2CCCC[C@H]2c2ccccc2)n2c(=O)n(-c3ccccc3)c(=O)n21. The van der Waals surface area contributed by atoms with Gasteiger partial charge in [-0.2, -0.15) is 4.68 Å². The van der Waals surface area contributed by atoms with Crippen molar-refractivity contribution in [2.24, 2.45) is 0 Å². The molecular weight excluding hydrogens is 426 g/mol. The van der Waals surface area contributed by atoms with Crippen molar-refractivity contribution in [3.05, 3.63) is 99.3 Å². The molecule has 0 radical (unpaired) electrons. The average molecular weight is 460 g/mol. The summed E-state index contributed by atoms with van der Waals surface area (Å²) >= 11 is 0. The molecule has 2 heterocycles. The molecule has 0 bridgehead atoms. The van der Waals surface area contributed by atoms with Gasteiger partial charge in [-0.15, -0.1) is 0 Å². The molecule has 4 atom stereocenters. The van der Waals surface area contributed by atoms with Crippen molar-refractivity contribution in [1.29, 1.82) is 0 Å². The molecule has 0 spiro atoms. The topological polar surface area (TPSA) is 58.2 Å². The zero-order chi connectivity index (χ0) is 23.5. The minimum Gasteiger partial charge on any atom is -0.349 e. The first kappa shape index (κ1) is 22.7. The first-order valence-corrected chi connectivity index (χ1v) is 12.6. The van der Waals surface area contributed by atoms with Crippen molar-refractivity contribution in [2.45, 2.75) is 76.2 Å². The predicted octanol–water partition coefficient (Wildman–Crippen LogP) is 5.34. The van der Waals surface area contributed by atoms with E-state index in [0.29, 0.717) is 5.69 Å². The van der Waals surface area contributed by atoms with Gasteiger partial charge in [0.15, 0.2) is 6.23 Å². The van der Waals surface area contributed by atoms with Gasteiger partial charge in [-0.1, -0.05) is 87.2 Å². The Balaban J connectivity index is 1.54. The molecule has 0 N–H and O–H groups in total. The fourth-order valence-corrected chi connectivity index (χ4v) is 5.44. The predicted molar refractivity (Wildman–Crippen MR) is 134 cm³/mol. The quantitative estimate of drug-likeness (QED) is 0.448. The van der Waals surface area contributed by atoms with E-state index in [4.69, 9.17) is 4.74 Å². The Bertz CT molecular complexity index is 1240. The molecule has 0 saturated heterocycles. The molecule has 1 aromatic heterocycles. The monoisotopic (exact) mass is 459 g/mol. The third kappa shape index (κ3) is 4.23. The first-order valence-electron chi connectivity index (χ1n) is 12.6. The molecule has 34 heavy (non-hydrogen) atoms. The number of rotatable bonds is 7. The van der Waals surface area contributed by atoms with Gasteiger partial charge in [-0.3, -0.25) is 0 Å². The van der Waals surface area contributed by atoms with Crippen molar-refractivity contribution in [1.82, 2.24) is 13.9 Å². The Labute approximate surface area is 200 Å². The van der Waals surface area contributed by atoms with E-state index in [9.17, 15) is 9.59 Å². The highest BCUT2D eigenvalue weighted by Crippen LogP contribution is 2.37. The number of hydrogen-bond donors (Lipinski definition) is 0. The summed E-state index contributed by atoms with van der Waals surface area (Å²) in [6.45, 7) is 2.14. The number of ether oxygens (including phenoxy) is 1. The number of unbranched alkanes of at least 4 members (excludes halogenated alkanes) is 1. The molecule has 3 aromatic rings. The van der Waals surface area contributed by atoms with Gasteiger partial charge >= 0.3 is 11.4 Å². The summed E-state index contributed by atoms with van der Waals surface area (Å²) in [5.74, 6) is 0.285. The lowest BCUT2D eigenvalue weighted by atomic mass is 9.81. The van der Waals surface area contributed by atoms with E-state index in [0.717, 1.165) is 38.5 Å². The van der Waals surface area contributed by atoms with E-state index in [1.54, 1.807) is 21.5 Å². The number of nitrogens with zero attached hydrogens (tertiary/aromatic N) is 3. The van der Waals surface area contributed by atoms with Gasteiger partial charge in [-0.25, -0.2) is 18.8 Å². The third-order valence-electron chi connectivity index (χ3n) is 7.17. The molecule has 1 aliphatic carbocycles. The Morgan fingerprint density at radius 1 is 0.853 bits per heavy atom. The molecule has 1 aliphatic heterocycles. The average Bonchev–Trinajstić information content (AvgIpc) is 3.15. The van der Waals surface area contributed by atoms with Crippen LogP contribution >= 0.6 is 0 Å². The van der Waals surface area contributed by atoms with Crippen LogP contribution in [0.5, 0.6) is 0 Å². The van der Waals surface area contributed by atoms with Crippen LogP contribution in [0.3, 0.4) is 0 Å². The Kier molecular flexibility index (Phi) is 6.68. The summed E-state index contributed by atoms with van der Waals surface area (Å²) in [6, 6.07) is 19.5. The van der Waals surface area contributed by atoms with Crippen LogP contribution in [-0.4, -0.2) is 20.0 Å². The minimum absolute atomic E-state index is 0.00600. The number of para-hydroxylation sites is 1. The molecule has 1 fully saturated rings. The van der Waals surface area contributed by atoms with Crippen molar-refractivity contribution in [3.8, 4) is 5.69 Å². The maximum atomic E-state index is 13.6. The van der Waals surface area contributed by atoms with Crippen LogP contribution in [0.15, 0.2) is 82.4 Å². The molecule has 0 amide bonds. The highest BCUT2D eigenvalue weighted by atomic mass is 16.5. The number of benzene rings is 2. The molecule has 2 aromatic carbocycles. The van der Waals surface area contributed by atoms with E-state index >= 15 is 0 Å². The fraction of sp³-hybridized carbons (Fsp3) is 0.429.